The maximum absolute atomic E-state index is 13.0. The highest BCUT2D eigenvalue weighted by atomic mass is 32.2. The van der Waals surface area contributed by atoms with Crippen molar-refractivity contribution >= 4 is 54.3 Å². The van der Waals surface area contributed by atoms with E-state index in [4.69, 9.17) is 9.15 Å². The van der Waals surface area contributed by atoms with E-state index in [-0.39, 0.29) is 16.6 Å². The number of nitrogens with one attached hydrogen (secondary N) is 3. The Labute approximate surface area is 244 Å². The van der Waals surface area contributed by atoms with Crippen molar-refractivity contribution < 1.29 is 35.6 Å². The maximum atomic E-state index is 13.0. The van der Waals surface area contributed by atoms with Crippen LogP contribution in [0.4, 0.5) is 11.4 Å². The van der Waals surface area contributed by atoms with Crippen molar-refractivity contribution in [3.8, 4) is 11.1 Å². The summed E-state index contributed by atoms with van der Waals surface area (Å²) in [6.45, 7) is 5.11. The summed E-state index contributed by atoms with van der Waals surface area (Å²) in [6, 6.07) is 16.9. The molecule has 0 spiro atoms. The van der Waals surface area contributed by atoms with Crippen molar-refractivity contribution in [1.29, 1.82) is 0 Å². The number of methoxy groups -OCH3 is 1. The lowest BCUT2D eigenvalue weighted by Gasteiger charge is -2.19. The van der Waals surface area contributed by atoms with Crippen LogP contribution in [0, 0.1) is 12.8 Å². The average Bonchev–Trinajstić information content (AvgIpc) is 3.28. The highest BCUT2D eigenvalue weighted by molar-refractivity contribution is 7.92. The Bertz CT molecular complexity index is 1850. The lowest BCUT2D eigenvalue weighted by molar-refractivity contribution is -0.143. The van der Waals surface area contributed by atoms with Gasteiger partial charge in [0, 0.05) is 16.6 Å². The van der Waals surface area contributed by atoms with Gasteiger partial charge in [-0.25, -0.2) is 16.8 Å². The van der Waals surface area contributed by atoms with Crippen molar-refractivity contribution in [2.75, 3.05) is 23.4 Å². The molecular formula is C29H31N3O8S2. The summed E-state index contributed by atoms with van der Waals surface area (Å²) in [4.78, 5) is 25.0. The second kappa shape index (κ2) is 12.0. The molecule has 0 saturated heterocycles. The van der Waals surface area contributed by atoms with Crippen LogP contribution in [-0.2, 0) is 29.6 Å². The number of esters is 1. The maximum Gasteiger partial charge on any atom is 0.324 e. The van der Waals surface area contributed by atoms with Gasteiger partial charge in [0.2, 0.25) is 20.0 Å². The number of rotatable bonds is 10. The fraction of sp³-hybridized carbons (Fsp3) is 0.241. The number of fused-ring (bicyclic) bond motifs is 1. The Morgan fingerprint density at radius 2 is 1.48 bits per heavy atom. The lowest BCUT2D eigenvalue weighted by atomic mass is 10.1. The zero-order valence-electron chi connectivity index (χ0n) is 23.6. The smallest absolute Gasteiger partial charge is 0.324 e. The number of hydrogen-bond acceptors (Lipinski definition) is 8. The molecule has 1 amide bonds. The van der Waals surface area contributed by atoms with Crippen LogP contribution in [0.1, 0.15) is 30.0 Å². The highest BCUT2D eigenvalue weighted by Gasteiger charge is 2.29. The fourth-order valence-corrected chi connectivity index (χ4v) is 6.29. The fourth-order valence-electron chi connectivity index (χ4n) is 4.38. The average molecular weight is 614 g/mol. The van der Waals surface area contributed by atoms with Gasteiger partial charge in [-0.15, -0.1) is 0 Å². The second-order valence-corrected chi connectivity index (χ2v) is 13.5. The Hall–Kier alpha value is -4.20. The normalized spacial score (nSPS) is 12.7. The van der Waals surface area contributed by atoms with E-state index >= 15 is 0 Å². The molecule has 0 bridgehead atoms. The van der Waals surface area contributed by atoms with Gasteiger partial charge >= 0.3 is 5.97 Å². The van der Waals surface area contributed by atoms with E-state index in [9.17, 15) is 26.4 Å². The molecule has 0 fully saturated rings. The summed E-state index contributed by atoms with van der Waals surface area (Å²) in [7, 11) is -6.30. The topological polar surface area (TPSA) is 161 Å². The monoisotopic (exact) mass is 613 g/mol. The minimum atomic E-state index is -3.97. The second-order valence-electron chi connectivity index (χ2n) is 10.0. The van der Waals surface area contributed by atoms with Gasteiger partial charge < -0.3 is 14.5 Å². The number of carbonyl (C=O) groups excluding carboxylic acids is 2. The highest BCUT2D eigenvalue weighted by Crippen LogP contribution is 2.33. The molecule has 0 unspecified atom stereocenters. The summed E-state index contributed by atoms with van der Waals surface area (Å²) >= 11 is 0. The van der Waals surface area contributed by atoms with Crippen LogP contribution in [-0.4, -0.2) is 48.1 Å². The molecule has 4 rings (SSSR count). The number of benzene rings is 3. The van der Waals surface area contributed by atoms with Crippen LogP contribution in [0.3, 0.4) is 0 Å². The van der Waals surface area contributed by atoms with E-state index < -0.39 is 38.0 Å². The van der Waals surface area contributed by atoms with Crippen molar-refractivity contribution in [1.82, 2.24) is 4.72 Å². The van der Waals surface area contributed by atoms with Crippen molar-refractivity contribution in [2.45, 2.75) is 31.7 Å². The molecule has 42 heavy (non-hydrogen) atoms. The molecule has 1 heterocycles. The molecule has 4 aromatic rings. The van der Waals surface area contributed by atoms with Gasteiger partial charge in [0.25, 0.3) is 5.91 Å². The number of furan rings is 1. The predicted molar refractivity (Wildman–Crippen MR) is 160 cm³/mol. The van der Waals surface area contributed by atoms with Gasteiger partial charge in [-0.3, -0.25) is 14.3 Å². The summed E-state index contributed by atoms with van der Waals surface area (Å²) in [5, 5.41) is 3.27. The molecule has 1 aromatic heterocycles. The summed E-state index contributed by atoms with van der Waals surface area (Å²) < 4.78 is 64.5. The molecule has 0 aliphatic heterocycles. The van der Waals surface area contributed by atoms with Crippen LogP contribution in [0.5, 0.6) is 0 Å². The molecule has 0 radical (unpaired) electrons. The molecule has 222 valence electrons. The van der Waals surface area contributed by atoms with Crippen LogP contribution in [0.25, 0.3) is 22.1 Å². The number of amides is 1. The van der Waals surface area contributed by atoms with E-state index in [0.717, 1.165) is 17.4 Å². The molecule has 0 aliphatic rings. The third-order valence-electron chi connectivity index (χ3n) is 6.50. The Morgan fingerprint density at radius 3 is 2.02 bits per heavy atom. The van der Waals surface area contributed by atoms with E-state index in [1.54, 1.807) is 75.4 Å². The standard InChI is InChI=1S/C29H31N3O8S2/c1-17(2)26(29(34)39-4)32-42(37,38)22-15-11-20(12-16-22)19-9-13-21(14-10-19)30-28(33)27-18(3)25-23(31-41(5,35)36)7-6-8-24(25)40-27/h6-17,26,31-32H,1-5H3,(H,30,33)/t26-/m0/s1. The van der Waals surface area contributed by atoms with Crippen LogP contribution in [0.2, 0.25) is 0 Å². The minimum absolute atomic E-state index is 0.000727. The first kappa shape index (κ1) is 30.8. The van der Waals surface area contributed by atoms with Crippen molar-refractivity contribution in [3.63, 3.8) is 0 Å². The first-order valence-corrected chi connectivity index (χ1v) is 16.2. The molecule has 0 saturated carbocycles. The summed E-state index contributed by atoms with van der Waals surface area (Å²) in [6.07, 6.45) is 1.04. The summed E-state index contributed by atoms with van der Waals surface area (Å²) in [5.41, 5.74) is 3.17. The number of carbonyl (C=O) groups is 2. The molecule has 0 aliphatic carbocycles. The SMILES string of the molecule is COC(=O)[C@@H](NS(=O)(=O)c1ccc(-c2ccc(NC(=O)c3oc4cccc(NS(C)(=O)=O)c4c3C)cc2)cc1)C(C)C. The van der Waals surface area contributed by atoms with E-state index in [2.05, 4.69) is 14.8 Å². The van der Waals surface area contributed by atoms with E-state index in [0.29, 0.717) is 27.9 Å². The number of hydrogen-bond donors (Lipinski definition) is 3. The van der Waals surface area contributed by atoms with Crippen LogP contribution >= 0.6 is 0 Å². The Kier molecular flexibility index (Phi) is 8.76. The third kappa shape index (κ3) is 6.81. The first-order chi connectivity index (χ1) is 19.7. The number of sulfonamides is 2. The first-order valence-electron chi connectivity index (χ1n) is 12.8. The van der Waals surface area contributed by atoms with Crippen LogP contribution < -0.4 is 14.8 Å². The minimum Gasteiger partial charge on any atom is -0.468 e. The molecule has 13 heteroatoms. The Balaban J connectivity index is 1.49. The largest absolute Gasteiger partial charge is 0.468 e. The predicted octanol–water partition coefficient (Wildman–Crippen LogP) is 4.51. The third-order valence-corrected chi connectivity index (χ3v) is 8.55. The summed E-state index contributed by atoms with van der Waals surface area (Å²) in [5.74, 6) is -1.43. The number of anilines is 2. The molecular weight excluding hydrogens is 582 g/mol. The van der Waals surface area contributed by atoms with Gasteiger partial charge in [-0.2, -0.15) is 4.72 Å². The van der Waals surface area contributed by atoms with Crippen molar-refractivity contribution in [2.24, 2.45) is 5.92 Å². The molecule has 3 N–H and O–H groups in total. The molecule has 1 atom stereocenters. The molecule has 11 nitrogen and oxygen atoms in total. The van der Waals surface area contributed by atoms with Gasteiger partial charge in [0.15, 0.2) is 5.76 Å². The van der Waals surface area contributed by atoms with Crippen LogP contribution in [0.15, 0.2) is 76.0 Å². The zero-order valence-corrected chi connectivity index (χ0v) is 25.2. The van der Waals surface area contributed by atoms with Gasteiger partial charge in [0.1, 0.15) is 11.6 Å². The quantitative estimate of drug-likeness (QED) is 0.220. The van der Waals surface area contributed by atoms with Gasteiger partial charge in [-0.1, -0.05) is 44.2 Å². The number of ether oxygens (including phenoxy) is 1. The van der Waals surface area contributed by atoms with E-state index in [1.807, 2.05) is 0 Å². The van der Waals surface area contributed by atoms with Gasteiger partial charge in [0.05, 0.1) is 23.9 Å². The van der Waals surface area contributed by atoms with E-state index in [1.165, 1.54) is 19.2 Å². The lowest BCUT2D eigenvalue weighted by Crippen LogP contribution is -2.44. The molecule has 3 aromatic carbocycles. The number of aryl methyl sites for hydroxylation is 1. The van der Waals surface area contributed by atoms with Gasteiger partial charge in [-0.05, 0) is 60.4 Å². The van der Waals surface area contributed by atoms with Crippen molar-refractivity contribution in [3.05, 3.63) is 78.1 Å². The zero-order chi connectivity index (χ0) is 30.8. The Morgan fingerprint density at radius 1 is 0.881 bits per heavy atom.